The molecule has 2 aliphatic heterocycles. The Bertz CT molecular complexity index is 410. The van der Waals surface area contributed by atoms with Crippen LogP contribution in [0.4, 0.5) is 0 Å². The van der Waals surface area contributed by atoms with E-state index in [-0.39, 0.29) is 0 Å². The lowest BCUT2D eigenvalue weighted by atomic mass is 10.1. The zero-order chi connectivity index (χ0) is 14.4. The third-order valence-corrected chi connectivity index (χ3v) is 4.19. The van der Waals surface area contributed by atoms with Gasteiger partial charge >= 0.3 is 0 Å². The Morgan fingerprint density at radius 2 is 1.95 bits per heavy atom. The zero-order valence-corrected chi connectivity index (χ0v) is 12.2. The summed E-state index contributed by atoms with van der Waals surface area (Å²) in [5.74, 6) is 0. The van der Waals surface area contributed by atoms with Gasteiger partial charge in [0.05, 0.1) is 11.9 Å². The molecule has 2 heterocycles. The Morgan fingerprint density at radius 1 is 1.30 bits per heavy atom. The highest BCUT2D eigenvalue weighted by atomic mass is 16.5. The number of allylic oxidation sites excluding steroid dienone is 2. The van der Waals surface area contributed by atoms with E-state index >= 15 is 0 Å². The van der Waals surface area contributed by atoms with E-state index in [0.717, 1.165) is 57.9 Å². The van der Waals surface area contributed by atoms with Crippen LogP contribution in [0, 0.1) is 12.5 Å². The number of nitrogens with zero attached hydrogens (tertiary/aromatic N) is 3. The Hall–Kier alpha value is -1.51. The molecule has 5 nitrogen and oxygen atoms in total. The highest BCUT2D eigenvalue weighted by Gasteiger charge is 2.25. The van der Waals surface area contributed by atoms with E-state index in [1.165, 1.54) is 0 Å². The maximum absolute atomic E-state index is 5.97. The van der Waals surface area contributed by atoms with E-state index in [0.29, 0.717) is 11.7 Å². The van der Waals surface area contributed by atoms with Gasteiger partial charge in [0.25, 0.3) is 0 Å². The van der Waals surface area contributed by atoms with Gasteiger partial charge in [-0.05, 0) is 19.8 Å². The Labute approximate surface area is 121 Å². The van der Waals surface area contributed by atoms with Gasteiger partial charge < -0.3 is 15.4 Å². The maximum atomic E-state index is 5.97. The molecule has 0 amide bonds. The van der Waals surface area contributed by atoms with Crippen LogP contribution in [0.2, 0.25) is 0 Å². The predicted molar refractivity (Wildman–Crippen MR) is 81.2 cm³/mol. The summed E-state index contributed by atoms with van der Waals surface area (Å²) in [6.07, 6.45) is 8.97. The summed E-state index contributed by atoms with van der Waals surface area (Å²) in [7, 11) is 0. The topological polar surface area (TPSA) is 54.1 Å². The van der Waals surface area contributed by atoms with Crippen molar-refractivity contribution in [2.45, 2.75) is 25.8 Å². The number of hydrogen-bond acceptors (Lipinski definition) is 5. The van der Waals surface area contributed by atoms with Gasteiger partial charge in [-0.15, -0.1) is 0 Å². The largest absolute Gasteiger partial charge is 0.396 e. The second-order valence-electron chi connectivity index (χ2n) is 5.29. The Morgan fingerprint density at radius 3 is 2.55 bits per heavy atom. The maximum Gasteiger partial charge on any atom is 0.0700 e. The van der Waals surface area contributed by atoms with E-state index in [4.69, 9.17) is 16.9 Å². The molecule has 0 aromatic heterocycles. The monoisotopic (exact) mass is 276 g/mol. The van der Waals surface area contributed by atoms with Crippen molar-refractivity contribution in [2.75, 3.05) is 39.4 Å². The molecule has 0 bridgehead atoms. The molecule has 0 aliphatic carbocycles. The lowest BCUT2D eigenvalue weighted by Crippen LogP contribution is -2.51. The number of ether oxygens (including phenoxy) is 1. The molecule has 2 N–H and O–H groups in total. The third-order valence-electron chi connectivity index (χ3n) is 4.19. The molecule has 2 saturated heterocycles. The van der Waals surface area contributed by atoms with Gasteiger partial charge in [0.2, 0.25) is 0 Å². The van der Waals surface area contributed by atoms with Crippen LogP contribution in [-0.4, -0.2) is 61.4 Å². The van der Waals surface area contributed by atoms with Crippen molar-refractivity contribution in [3.63, 3.8) is 0 Å². The van der Waals surface area contributed by atoms with Crippen molar-refractivity contribution in [3.05, 3.63) is 11.4 Å². The highest BCUT2D eigenvalue weighted by Crippen LogP contribution is 2.18. The normalized spacial score (nSPS) is 23.7. The Balaban J connectivity index is 1.87. The predicted octanol–water partition coefficient (Wildman–Crippen LogP) is 0.635. The minimum atomic E-state index is 0.655. The quantitative estimate of drug-likeness (QED) is 0.607. The second-order valence-corrected chi connectivity index (χ2v) is 5.29. The highest BCUT2D eigenvalue weighted by molar-refractivity contribution is 5.78. The fourth-order valence-corrected chi connectivity index (χ4v) is 2.86. The molecular weight excluding hydrogens is 252 g/mol. The van der Waals surface area contributed by atoms with Crippen LogP contribution in [0.5, 0.6) is 0 Å². The first-order valence-corrected chi connectivity index (χ1v) is 7.24. The lowest BCUT2D eigenvalue weighted by molar-refractivity contribution is 0.0182. The second kappa shape index (κ2) is 7.32. The summed E-state index contributed by atoms with van der Waals surface area (Å²) in [5.41, 5.74) is 7.70. The smallest absolute Gasteiger partial charge is 0.0700 e. The number of nitrogens with two attached hydrogens (primary N) is 1. The van der Waals surface area contributed by atoms with E-state index in [1.54, 1.807) is 6.21 Å². The number of aliphatic imine (C=N–C) groups is 1. The summed E-state index contributed by atoms with van der Waals surface area (Å²) < 4.78 is 5.43. The van der Waals surface area contributed by atoms with Crippen LogP contribution in [0.15, 0.2) is 16.4 Å². The van der Waals surface area contributed by atoms with Crippen molar-refractivity contribution >= 4 is 6.21 Å². The first-order chi connectivity index (χ1) is 9.72. The summed E-state index contributed by atoms with van der Waals surface area (Å²) in [6.45, 7) is 8.02. The van der Waals surface area contributed by atoms with Crippen molar-refractivity contribution in [1.29, 1.82) is 0 Å². The molecule has 0 aromatic carbocycles. The van der Waals surface area contributed by atoms with Crippen molar-refractivity contribution in [3.8, 4) is 12.5 Å². The minimum Gasteiger partial charge on any atom is -0.396 e. The lowest BCUT2D eigenvalue weighted by Gasteiger charge is -2.41. The van der Waals surface area contributed by atoms with Crippen molar-refractivity contribution in [1.82, 2.24) is 9.80 Å². The van der Waals surface area contributed by atoms with Crippen LogP contribution < -0.4 is 5.73 Å². The van der Waals surface area contributed by atoms with Gasteiger partial charge in [0.1, 0.15) is 0 Å². The fraction of sp³-hybridized carbons (Fsp3) is 0.667. The van der Waals surface area contributed by atoms with Gasteiger partial charge in [0.15, 0.2) is 0 Å². The molecule has 2 rings (SSSR count). The van der Waals surface area contributed by atoms with Crippen LogP contribution in [0.25, 0.3) is 0 Å². The van der Waals surface area contributed by atoms with E-state index in [2.05, 4.69) is 20.8 Å². The third kappa shape index (κ3) is 3.75. The number of piperazine rings is 1. The fourth-order valence-electron chi connectivity index (χ4n) is 2.86. The number of rotatable bonds is 3. The van der Waals surface area contributed by atoms with Crippen LogP contribution in [0.1, 0.15) is 19.8 Å². The molecule has 20 heavy (non-hydrogen) atoms. The average molecular weight is 276 g/mol. The van der Waals surface area contributed by atoms with Crippen LogP contribution in [-0.2, 0) is 4.74 Å². The zero-order valence-electron chi connectivity index (χ0n) is 12.2. The summed E-state index contributed by atoms with van der Waals surface area (Å²) in [6, 6.07) is 2.91. The summed E-state index contributed by atoms with van der Waals surface area (Å²) in [5, 5.41) is 0. The molecule has 0 saturated carbocycles. The van der Waals surface area contributed by atoms with E-state index in [1.807, 2.05) is 6.92 Å². The molecule has 0 aromatic rings. The first kappa shape index (κ1) is 14.9. The standard InChI is InChI=1S/C15H24N4O/c1-3-17-12-15(16)13(2)18-6-8-19(9-7-18)14-4-10-20-11-5-14/h1,12,14H,4-11,16H2,2H3/b15-13-,17-12-. The molecule has 0 radical (unpaired) electrons. The molecule has 0 spiro atoms. The molecule has 0 unspecified atom stereocenters. The SMILES string of the molecule is C#C/N=C\C(N)=C(/C)N1CCN(C2CCOCC2)CC1. The number of hydrogen-bond donors (Lipinski definition) is 1. The van der Waals surface area contributed by atoms with Crippen molar-refractivity contribution in [2.24, 2.45) is 10.7 Å². The van der Waals surface area contributed by atoms with Gasteiger partial charge in [-0.25, -0.2) is 4.99 Å². The van der Waals surface area contributed by atoms with Gasteiger partial charge in [-0.1, -0.05) is 6.42 Å². The molecule has 5 heteroatoms. The number of terminal acetylenes is 1. The van der Waals surface area contributed by atoms with Gasteiger partial charge in [0, 0.05) is 57.2 Å². The van der Waals surface area contributed by atoms with Crippen LogP contribution >= 0.6 is 0 Å². The van der Waals surface area contributed by atoms with Gasteiger partial charge in [-0.2, -0.15) is 0 Å². The van der Waals surface area contributed by atoms with E-state index < -0.39 is 0 Å². The Kier molecular flexibility index (Phi) is 5.45. The minimum absolute atomic E-state index is 0.655. The molecule has 2 fully saturated rings. The molecule has 110 valence electrons. The average Bonchev–Trinajstić information content (AvgIpc) is 2.53. The summed E-state index contributed by atoms with van der Waals surface area (Å²) >= 11 is 0. The van der Waals surface area contributed by atoms with Crippen LogP contribution in [0.3, 0.4) is 0 Å². The molecular formula is C15H24N4O. The molecule has 0 atom stereocenters. The van der Waals surface area contributed by atoms with Gasteiger partial charge in [-0.3, -0.25) is 4.90 Å². The first-order valence-electron chi connectivity index (χ1n) is 7.24. The van der Waals surface area contributed by atoms with Crippen molar-refractivity contribution < 1.29 is 4.74 Å². The summed E-state index contributed by atoms with van der Waals surface area (Å²) in [4.78, 5) is 8.64. The van der Waals surface area contributed by atoms with E-state index in [9.17, 15) is 0 Å². The molecule has 2 aliphatic rings.